The van der Waals surface area contributed by atoms with Crippen molar-refractivity contribution in [2.75, 3.05) is 47.3 Å². The van der Waals surface area contributed by atoms with Gasteiger partial charge in [0.25, 0.3) is 0 Å². The zero-order valence-corrected chi connectivity index (χ0v) is 26.0. The molecule has 3 aliphatic heterocycles. The minimum Gasteiger partial charge on any atom is -0.306 e. The minimum absolute atomic E-state index is 0.610. The van der Waals surface area contributed by atoms with Crippen molar-refractivity contribution in [2.45, 2.75) is 92.7 Å². The molecule has 0 saturated carbocycles. The second-order valence-corrected chi connectivity index (χ2v) is 9.50. The van der Waals surface area contributed by atoms with Crippen molar-refractivity contribution < 1.29 is 0 Å². The van der Waals surface area contributed by atoms with Crippen LogP contribution in [0.25, 0.3) is 0 Å². The Balaban J connectivity index is 0.000000489. The summed E-state index contributed by atoms with van der Waals surface area (Å²) < 4.78 is 0. The highest BCUT2D eigenvalue weighted by Crippen LogP contribution is 2.30. The SMILES string of the molecule is CC.CC.CC.CC1CCN(C)C1.CN1CCCC1c1cccnc1.CN1CCCC1c1ccncc1. The van der Waals surface area contributed by atoms with Gasteiger partial charge in [0, 0.05) is 43.4 Å². The summed E-state index contributed by atoms with van der Waals surface area (Å²) in [5.41, 5.74) is 2.77. The van der Waals surface area contributed by atoms with Gasteiger partial charge in [0.05, 0.1) is 0 Å². The van der Waals surface area contributed by atoms with E-state index < -0.39 is 0 Å². The van der Waals surface area contributed by atoms with Crippen molar-refractivity contribution in [3.8, 4) is 0 Å². The van der Waals surface area contributed by atoms with Crippen LogP contribution < -0.4 is 0 Å². The molecule has 3 fully saturated rings. The second kappa shape index (κ2) is 22.2. The number of rotatable bonds is 2. The maximum atomic E-state index is 4.14. The zero-order chi connectivity index (χ0) is 28.1. The molecule has 0 aliphatic carbocycles. The van der Waals surface area contributed by atoms with Gasteiger partial charge >= 0.3 is 0 Å². The Bertz CT molecular complexity index is 676. The van der Waals surface area contributed by atoms with Gasteiger partial charge in [-0.15, -0.1) is 0 Å². The van der Waals surface area contributed by atoms with Gasteiger partial charge in [0.2, 0.25) is 0 Å². The minimum atomic E-state index is 0.610. The van der Waals surface area contributed by atoms with Crippen molar-refractivity contribution >= 4 is 0 Å². The van der Waals surface area contributed by atoms with Gasteiger partial charge in [-0.3, -0.25) is 19.8 Å². The smallest absolute Gasteiger partial charge is 0.0360 e. The number of nitrogens with zero attached hydrogens (tertiary/aromatic N) is 5. The summed E-state index contributed by atoms with van der Waals surface area (Å²) in [4.78, 5) is 15.4. The molecular formula is C32H59N5. The van der Waals surface area contributed by atoms with Crippen LogP contribution in [0.5, 0.6) is 0 Å². The van der Waals surface area contributed by atoms with Gasteiger partial charge in [-0.2, -0.15) is 0 Å². The van der Waals surface area contributed by atoms with E-state index in [1.165, 1.54) is 69.4 Å². The van der Waals surface area contributed by atoms with Gasteiger partial charge in [-0.1, -0.05) is 54.5 Å². The molecule has 2 aromatic heterocycles. The molecule has 5 heterocycles. The summed E-state index contributed by atoms with van der Waals surface area (Å²) in [6.07, 6.45) is 14.2. The molecule has 0 radical (unpaired) electrons. The molecule has 3 aliphatic rings. The van der Waals surface area contributed by atoms with E-state index in [0.717, 1.165) is 5.92 Å². The van der Waals surface area contributed by atoms with Crippen LogP contribution in [0.3, 0.4) is 0 Å². The number of hydrogen-bond acceptors (Lipinski definition) is 5. The summed E-state index contributed by atoms with van der Waals surface area (Å²) in [7, 11) is 6.56. The molecule has 37 heavy (non-hydrogen) atoms. The van der Waals surface area contributed by atoms with Crippen molar-refractivity contribution in [1.29, 1.82) is 0 Å². The first-order valence-electron chi connectivity index (χ1n) is 14.9. The van der Waals surface area contributed by atoms with Crippen LogP contribution in [-0.4, -0.2) is 72.0 Å². The summed E-state index contributed by atoms with van der Waals surface area (Å²) in [6, 6.07) is 9.66. The van der Waals surface area contributed by atoms with Crippen LogP contribution in [0.4, 0.5) is 0 Å². The molecule has 212 valence electrons. The van der Waals surface area contributed by atoms with Crippen LogP contribution in [-0.2, 0) is 0 Å². The maximum absolute atomic E-state index is 4.14. The average Bonchev–Trinajstić information content (AvgIpc) is 3.70. The third-order valence-corrected chi connectivity index (χ3v) is 6.83. The van der Waals surface area contributed by atoms with Crippen LogP contribution in [0, 0.1) is 5.92 Å². The molecule has 3 unspecified atom stereocenters. The lowest BCUT2D eigenvalue weighted by Crippen LogP contribution is -2.17. The Morgan fingerprint density at radius 1 is 0.649 bits per heavy atom. The Labute approximate surface area is 230 Å². The van der Waals surface area contributed by atoms with Crippen LogP contribution >= 0.6 is 0 Å². The van der Waals surface area contributed by atoms with Gasteiger partial charge in [-0.25, -0.2) is 0 Å². The fourth-order valence-corrected chi connectivity index (χ4v) is 4.98. The van der Waals surface area contributed by atoms with Crippen molar-refractivity contribution in [1.82, 2.24) is 24.7 Å². The first kappa shape index (κ1) is 35.2. The highest BCUT2D eigenvalue weighted by atomic mass is 15.1. The predicted molar refractivity (Wildman–Crippen MR) is 163 cm³/mol. The molecule has 2 aromatic rings. The highest BCUT2D eigenvalue weighted by molar-refractivity contribution is 5.16. The molecule has 3 atom stereocenters. The van der Waals surface area contributed by atoms with E-state index in [9.17, 15) is 0 Å². The lowest BCUT2D eigenvalue weighted by atomic mass is 10.1. The topological polar surface area (TPSA) is 35.5 Å². The van der Waals surface area contributed by atoms with Crippen LogP contribution in [0.15, 0.2) is 49.1 Å². The number of hydrogen-bond donors (Lipinski definition) is 0. The first-order valence-corrected chi connectivity index (χ1v) is 14.9. The molecule has 5 rings (SSSR count). The first-order chi connectivity index (χ1) is 18.0. The lowest BCUT2D eigenvalue weighted by Gasteiger charge is -2.19. The summed E-state index contributed by atoms with van der Waals surface area (Å²) in [6.45, 7) is 19.4. The summed E-state index contributed by atoms with van der Waals surface area (Å²) in [5, 5.41) is 0. The van der Waals surface area contributed by atoms with E-state index in [1.54, 1.807) is 0 Å². The summed E-state index contributed by atoms with van der Waals surface area (Å²) >= 11 is 0. The van der Waals surface area contributed by atoms with Gasteiger partial charge in [0.15, 0.2) is 0 Å². The molecule has 3 saturated heterocycles. The Hall–Kier alpha value is -1.82. The van der Waals surface area contributed by atoms with E-state index in [1.807, 2.05) is 72.4 Å². The number of aromatic nitrogens is 2. The molecule has 0 spiro atoms. The Morgan fingerprint density at radius 2 is 1.19 bits per heavy atom. The van der Waals surface area contributed by atoms with Gasteiger partial charge < -0.3 is 4.90 Å². The standard InChI is InChI=1S/2C10H14N2.C6H13N.3C2H6/c1-12-7-3-5-10(12)9-4-2-6-11-8-9;1-12-8-2-3-10(12)9-4-6-11-7-5-9;1-6-3-4-7(2)5-6;3*1-2/h2,4,6,8,10H,3,5,7H2,1H3;4-7,10H,2-3,8H2,1H3;6H,3-5H2,1-2H3;3*1-2H3. The third kappa shape index (κ3) is 13.5. The molecule has 5 nitrogen and oxygen atoms in total. The second-order valence-electron chi connectivity index (χ2n) is 9.50. The fraction of sp³-hybridized carbons (Fsp3) is 0.688. The molecule has 0 aromatic carbocycles. The van der Waals surface area contributed by atoms with Crippen LogP contribution in [0.1, 0.15) is 104 Å². The van der Waals surface area contributed by atoms with Crippen molar-refractivity contribution in [3.05, 3.63) is 60.2 Å². The van der Waals surface area contributed by atoms with E-state index in [0.29, 0.717) is 12.1 Å². The largest absolute Gasteiger partial charge is 0.306 e. The van der Waals surface area contributed by atoms with Crippen molar-refractivity contribution in [3.63, 3.8) is 0 Å². The molecule has 0 amide bonds. The zero-order valence-electron chi connectivity index (χ0n) is 26.0. The normalized spacial score (nSPS) is 22.9. The van der Waals surface area contributed by atoms with E-state index in [-0.39, 0.29) is 0 Å². The molecule has 0 bridgehead atoms. The Kier molecular flexibility index (Phi) is 21.1. The quantitative estimate of drug-likeness (QED) is 0.410. The van der Waals surface area contributed by atoms with Gasteiger partial charge in [-0.05, 0) is 108 Å². The lowest BCUT2D eigenvalue weighted by molar-refractivity contribution is 0.317. The van der Waals surface area contributed by atoms with E-state index in [2.05, 4.69) is 70.9 Å². The molecule has 0 N–H and O–H groups in total. The number of pyridine rings is 2. The average molecular weight is 514 g/mol. The van der Waals surface area contributed by atoms with Gasteiger partial charge in [0.1, 0.15) is 0 Å². The molecular weight excluding hydrogens is 454 g/mol. The number of likely N-dealkylation sites (tertiary alicyclic amines) is 3. The third-order valence-electron chi connectivity index (χ3n) is 6.83. The predicted octanol–water partition coefficient (Wildman–Crippen LogP) is 7.73. The van der Waals surface area contributed by atoms with E-state index in [4.69, 9.17) is 0 Å². The summed E-state index contributed by atoms with van der Waals surface area (Å²) in [5.74, 6) is 0.949. The van der Waals surface area contributed by atoms with Crippen molar-refractivity contribution in [2.24, 2.45) is 5.92 Å². The maximum Gasteiger partial charge on any atom is 0.0360 e. The van der Waals surface area contributed by atoms with E-state index >= 15 is 0 Å². The van der Waals surface area contributed by atoms with Crippen LogP contribution in [0.2, 0.25) is 0 Å². The monoisotopic (exact) mass is 513 g/mol. The Morgan fingerprint density at radius 3 is 1.54 bits per heavy atom. The molecule has 5 heteroatoms. The highest BCUT2D eigenvalue weighted by Gasteiger charge is 2.22. The fourth-order valence-electron chi connectivity index (χ4n) is 4.98.